The first kappa shape index (κ1) is 22.1. The number of aldehydes is 1. The highest BCUT2D eigenvalue weighted by atomic mass is 35.5. The Labute approximate surface area is 183 Å². The summed E-state index contributed by atoms with van der Waals surface area (Å²) in [5.41, 5.74) is 4.59. The summed E-state index contributed by atoms with van der Waals surface area (Å²) in [6, 6.07) is 12.0. The third kappa shape index (κ3) is 5.29. The van der Waals surface area contributed by atoms with Crippen LogP contribution in [-0.2, 0) is 6.42 Å². The number of likely N-dealkylation sites (N-methyl/N-ethyl adjacent to an activating group) is 1. The molecule has 1 aromatic heterocycles. The van der Waals surface area contributed by atoms with Gasteiger partial charge in [0, 0.05) is 18.9 Å². The van der Waals surface area contributed by atoms with Crippen molar-refractivity contribution in [3.63, 3.8) is 0 Å². The van der Waals surface area contributed by atoms with Gasteiger partial charge in [-0.3, -0.25) is 4.79 Å². The predicted molar refractivity (Wildman–Crippen MR) is 121 cm³/mol. The zero-order valence-corrected chi connectivity index (χ0v) is 18.5. The van der Waals surface area contributed by atoms with E-state index in [1.807, 2.05) is 42.1 Å². The average Bonchev–Trinajstić information content (AvgIpc) is 3.28. The van der Waals surface area contributed by atoms with E-state index in [0.29, 0.717) is 29.4 Å². The molecule has 0 unspecified atom stereocenters. The van der Waals surface area contributed by atoms with Gasteiger partial charge in [0.05, 0.1) is 16.3 Å². The number of carbonyl (C=O) groups is 1. The lowest BCUT2D eigenvalue weighted by Gasteiger charge is -2.19. The van der Waals surface area contributed by atoms with Crippen molar-refractivity contribution in [2.75, 3.05) is 26.7 Å². The van der Waals surface area contributed by atoms with Gasteiger partial charge in [-0.2, -0.15) is 5.10 Å². The Morgan fingerprint density at radius 3 is 2.63 bits per heavy atom. The summed E-state index contributed by atoms with van der Waals surface area (Å²) in [5.74, 6) is 0.479. The second kappa shape index (κ2) is 10.4. The molecule has 0 aliphatic carbocycles. The molecular formula is C24H28ClN3O2. The maximum Gasteiger partial charge on any atom is 0.153 e. The van der Waals surface area contributed by atoms with Gasteiger partial charge >= 0.3 is 0 Å². The number of ether oxygens (including phenoxy) is 1. The number of carbonyl (C=O) groups excluding carboxylic acids is 1. The Balaban J connectivity index is 1.75. The van der Waals surface area contributed by atoms with Gasteiger partial charge in [0.2, 0.25) is 0 Å². The van der Waals surface area contributed by atoms with E-state index in [0.717, 1.165) is 48.2 Å². The van der Waals surface area contributed by atoms with Gasteiger partial charge in [0.25, 0.3) is 0 Å². The molecule has 6 heteroatoms. The van der Waals surface area contributed by atoms with Gasteiger partial charge in [-0.1, -0.05) is 30.7 Å². The zero-order valence-electron chi connectivity index (χ0n) is 17.8. The molecule has 158 valence electrons. The smallest absolute Gasteiger partial charge is 0.153 e. The molecule has 5 nitrogen and oxygen atoms in total. The highest BCUT2D eigenvalue weighted by Gasteiger charge is 2.16. The van der Waals surface area contributed by atoms with Crippen LogP contribution in [0, 0.1) is 6.92 Å². The summed E-state index contributed by atoms with van der Waals surface area (Å²) >= 11 is 6.61. The molecule has 0 atom stereocenters. The molecule has 0 amide bonds. The van der Waals surface area contributed by atoms with E-state index in [2.05, 4.69) is 36.1 Å². The van der Waals surface area contributed by atoms with Gasteiger partial charge in [-0.05, 0) is 74.3 Å². The van der Waals surface area contributed by atoms with Crippen LogP contribution in [0.1, 0.15) is 40.4 Å². The first-order chi connectivity index (χ1) is 14.5. The van der Waals surface area contributed by atoms with E-state index < -0.39 is 0 Å². The van der Waals surface area contributed by atoms with E-state index in [1.54, 1.807) is 6.20 Å². The third-order valence-corrected chi connectivity index (χ3v) is 5.61. The first-order valence-corrected chi connectivity index (χ1v) is 10.6. The number of rotatable bonds is 10. The molecule has 30 heavy (non-hydrogen) atoms. The number of halogens is 1. The van der Waals surface area contributed by atoms with Gasteiger partial charge < -0.3 is 9.64 Å². The van der Waals surface area contributed by atoms with Crippen molar-refractivity contribution in [1.82, 2.24) is 14.7 Å². The van der Waals surface area contributed by atoms with Crippen LogP contribution in [0.15, 0.2) is 48.8 Å². The number of benzene rings is 2. The van der Waals surface area contributed by atoms with Crippen molar-refractivity contribution in [3.8, 4) is 11.4 Å². The fourth-order valence-electron chi connectivity index (χ4n) is 3.42. The lowest BCUT2D eigenvalue weighted by Crippen LogP contribution is -2.25. The summed E-state index contributed by atoms with van der Waals surface area (Å²) < 4.78 is 7.72. The van der Waals surface area contributed by atoms with E-state index in [1.165, 1.54) is 0 Å². The van der Waals surface area contributed by atoms with E-state index >= 15 is 0 Å². The summed E-state index contributed by atoms with van der Waals surface area (Å²) in [6.07, 6.45) is 6.26. The maximum absolute atomic E-state index is 11.7. The Kier molecular flexibility index (Phi) is 7.66. The van der Waals surface area contributed by atoms with Gasteiger partial charge in [0.15, 0.2) is 6.29 Å². The van der Waals surface area contributed by atoms with Crippen LogP contribution in [0.25, 0.3) is 5.69 Å². The van der Waals surface area contributed by atoms with Crippen molar-refractivity contribution in [3.05, 3.63) is 76.1 Å². The molecule has 2 aromatic carbocycles. The maximum atomic E-state index is 11.7. The first-order valence-electron chi connectivity index (χ1n) is 10.2. The molecule has 3 aromatic rings. The minimum absolute atomic E-state index is 0.479. The van der Waals surface area contributed by atoms with E-state index in [4.69, 9.17) is 16.3 Å². The molecule has 0 spiro atoms. The fraction of sp³-hybridized carbons (Fsp3) is 0.333. The molecule has 1 heterocycles. The summed E-state index contributed by atoms with van der Waals surface area (Å²) in [5, 5.41) is 4.76. The van der Waals surface area contributed by atoms with Crippen molar-refractivity contribution < 1.29 is 9.53 Å². The summed E-state index contributed by atoms with van der Waals surface area (Å²) in [6.45, 7) is 6.40. The van der Waals surface area contributed by atoms with Crippen molar-refractivity contribution >= 4 is 17.9 Å². The molecule has 0 bridgehead atoms. The minimum Gasteiger partial charge on any atom is -0.490 e. The highest BCUT2D eigenvalue weighted by molar-refractivity contribution is 6.33. The second-order valence-electron chi connectivity index (χ2n) is 7.46. The van der Waals surface area contributed by atoms with Crippen molar-refractivity contribution in [1.29, 1.82) is 0 Å². The summed E-state index contributed by atoms with van der Waals surface area (Å²) in [4.78, 5) is 13.9. The van der Waals surface area contributed by atoms with Crippen LogP contribution in [-0.4, -0.2) is 47.7 Å². The standard InChI is InChI=1S/C24H28ClN3O2/c1-4-11-27(3)13-14-30-24-21(17-29)16-20(18(2)23(24)25)15-19-6-8-22(9-7-19)28-12-5-10-26-28/h5-10,12,16-17H,4,11,13-15H2,1-3H3. The largest absolute Gasteiger partial charge is 0.490 e. The van der Waals surface area contributed by atoms with E-state index in [-0.39, 0.29) is 0 Å². The Morgan fingerprint density at radius 1 is 1.23 bits per heavy atom. The van der Waals surface area contributed by atoms with Gasteiger partial charge in [-0.25, -0.2) is 4.68 Å². The molecule has 0 aliphatic rings. The van der Waals surface area contributed by atoms with Crippen molar-refractivity contribution in [2.45, 2.75) is 26.7 Å². The molecule has 0 saturated carbocycles. The van der Waals surface area contributed by atoms with Crippen LogP contribution in [0.2, 0.25) is 5.02 Å². The Hall–Kier alpha value is -2.63. The number of aromatic nitrogens is 2. The van der Waals surface area contributed by atoms with E-state index in [9.17, 15) is 4.79 Å². The topological polar surface area (TPSA) is 47.4 Å². The highest BCUT2D eigenvalue weighted by Crippen LogP contribution is 2.34. The Bertz CT molecular complexity index is 969. The summed E-state index contributed by atoms with van der Waals surface area (Å²) in [7, 11) is 2.06. The molecule has 0 fully saturated rings. The second-order valence-corrected chi connectivity index (χ2v) is 7.83. The third-order valence-electron chi connectivity index (χ3n) is 5.15. The monoisotopic (exact) mass is 425 g/mol. The fourth-order valence-corrected chi connectivity index (χ4v) is 3.71. The van der Waals surface area contributed by atoms with Crippen LogP contribution >= 0.6 is 11.6 Å². The van der Waals surface area contributed by atoms with Crippen molar-refractivity contribution in [2.24, 2.45) is 0 Å². The van der Waals surface area contributed by atoms with Gasteiger partial charge in [-0.15, -0.1) is 0 Å². The quantitative estimate of drug-likeness (QED) is 0.431. The minimum atomic E-state index is 0.479. The normalized spacial score (nSPS) is 11.1. The van der Waals surface area contributed by atoms with Crippen LogP contribution in [0.3, 0.4) is 0 Å². The number of hydrogen-bond donors (Lipinski definition) is 0. The van der Waals surface area contributed by atoms with Gasteiger partial charge in [0.1, 0.15) is 12.4 Å². The molecule has 0 saturated heterocycles. The lowest BCUT2D eigenvalue weighted by atomic mass is 9.97. The van der Waals surface area contributed by atoms with Crippen LogP contribution < -0.4 is 4.74 Å². The average molecular weight is 426 g/mol. The molecule has 3 rings (SSSR count). The zero-order chi connectivity index (χ0) is 21.5. The number of nitrogens with zero attached hydrogens (tertiary/aromatic N) is 3. The number of hydrogen-bond acceptors (Lipinski definition) is 4. The van der Waals surface area contributed by atoms with Crippen LogP contribution in [0.5, 0.6) is 5.75 Å². The molecular weight excluding hydrogens is 398 g/mol. The molecule has 0 radical (unpaired) electrons. The Morgan fingerprint density at radius 2 is 2.00 bits per heavy atom. The lowest BCUT2D eigenvalue weighted by molar-refractivity contribution is 0.111. The van der Waals surface area contributed by atoms with Crippen LogP contribution in [0.4, 0.5) is 0 Å². The molecule has 0 aliphatic heterocycles. The SMILES string of the molecule is CCCN(C)CCOc1c(C=O)cc(Cc2ccc(-n3cccn3)cc2)c(C)c1Cl. The predicted octanol–water partition coefficient (Wildman–Crippen LogP) is 4.96. The molecule has 0 N–H and O–H groups in total.